The van der Waals surface area contributed by atoms with E-state index in [1.54, 1.807) is 0 Å². The van der Waals surface area contributed by atoms with E-state index in [1.165, 1.54) is 35.2 Å². The van der Waals surface area contributed by atoms with E-state index in [-0.39, 0.29) is 5.60 Å². The number of piperazine rings is 1. The molecule has 2 aliphatic rings. The minimum absolute atomic E-state index is 0.204. The van der Waals surface area contributed by atoms with Crippen LogP contribution in [0.1, 0.15) is 31.5 Å². The van der Waals surface area contributed by atoms with Crippen molar-refractivity contribution in [1.82, 2.24) is 14.4 Å². The molecule has 0 spiro atoms. The van der Waals surface area contributed by atoms with Gasteiger partial charge in [0, 0.05) is 49.7 Å². The molecule has 1 aromatic heterocycles. The average molecular weight is 341 g/mol. The molecule has 2 aliphatic heterocycles. The highest BCUT2D eigenvalue weighted by Crippen LogP contribution is 2.41. The Labute approximate surface area is 151 Å². The molecule has 1 fully saturated rings. The number of aromatic nitrogens is 1. The van der Waals surface area contributed by atoms with Crippen LogP contribution in [0.4, 0.5) is 0 Å². The van der Waals surface area contributed by atoms with E-state index < -0.39 is 0 Å². The molecule has 1 saturated heterocycles. The molecular weight excluding hydrogens is 310 g/mol. The van der Waals surface area contributed by atoms with Gasteiger partial charge in [-0.25, -0.2) is 0 Å². The maximum Gasteiger partial charge on any atom is 0.107 e. The second-order valence-corrected chi connectivity index (χ2v) is 8.11. The Balaban J connectivity index is 1.65. The van der Waals surface area contributed by atoms with Gasteiger partial charge in [0.05, 0.1) is 12.3 Å². The van der Waals surface area contributed by atoms with Gasteiger partial charge in [-0.05, 0) is 45.9 Å². The lowest BCUT2D eigenvalue weighted by molar-refractivity contribution is -0.0839. The van der Waals surface area contributed by atoms with Crippen LogP contribution < -0.4 is 0 Å². The molecule has 2 atom stereocenters. The van der Waals surface area contributed by atoms with Gasteiger partial charge >= 0.3 is 0 Å². The summed E-state index contributed by atoms with van der Waals surface area (Å²) in [5, 5.41) is 1.38. The largest absolute Gasteiger partial charge is 0.367 e. The topological polar surface area (TPSA) is 20.6 Å². The van der Waals surface area contributed by atoms with Gasteiger partial charge in [0.1, 0.15) is 5.60 Å². The van der Waals surface area contributed by atoms with Crippen molar-refractivity contribution in [3.8, 4) is 0 Å². The van der Waals surface area contributed by atoms with Crippen LogP contribution in [0, 0.1) is 6.92 Å². The average Bonchev–Trinajstić information content (AvgIpc) is 2.90. The van der Waals surface area contributed by atoms with Gasteiger partial charge in [-0.15, -0.1) is 0 Å². The fraction of sp³-hybridized carbons (Fsp3) is 0.619. The summed E-state index contributed by atoms with van der Waals surface area (Å²) >= 11 is 0. The highest BCUT2D eigenvalue weighted by Gasteiger charge is 2.39. The quantitative estimate of drug-likeness (QED) is 0.855. The summed E-state index contributed by atoms with van der Waals surface area (Å²) in [6.45, 7) is 13.4. The molecule has 0 N–H and O–H groups in total. The number of nitrogens with zero attached hydrogens (tertiary/aromatic N) is 3. The fourth-order valence-electron chi connectivity index (χ4n) is 4.93. The number of hydrogen-bond acceptors (Lipinski definition) is 3. The first-order chi connectivity index (χ1) is 12.0. The Morgan fingerprint density at radius 1 is 1.12 bits per heavy atom. The molecule has 0 radical (unpaired) electrons. The van der Waals surface area contributed by atoms with E-state index >= 15 is 0 Å². The van der Waals surface area contributed by atoms with Crippen LogP contribution in [0.5, 0.6) is 0 Å². The predicted octanol–water partition coefficient (Wildman–Crippen LogP) is 3.22. The minimum atomic E-state index is -0.204. The Hall–Kier alpha value is -1.36. The lowest BCUT2D eigenvalue weighted by Crippen LogP contribution is -2.50. The van der Waals surface area contributed by atoms with E-state index in [0.29, 0.717) is 6.04 Å². The van der Waals surface area contributed by atoms with Crippen LogP contribution >= 0.6 is 0 Å². The SMILES string of the molecule is Cc1c2n(c3ccccc13)CCOC2(C)CC(C)N1CCN(C)CC1. The summed E-state index contributed by atoms with van der Waals surface area (Å²) in [6, 6.07) is 9.32. The Bertz CT molecular complexity index is 760. The number of hydrogen-bond donors (Lipinski definition) is 0. The van der Waals surface area contributed by atoms with Gasteiger partial charge in [-0.1, -0.05) is 18.2 Å². The monoisotopic (exact) mass is 341 g/mol. The minimum Gasteiger partial charge on any atom is -0.367 e. The number of likely N-dealkylation sites (N-methyl/N-ethyl adjacent to an activating group) is 1. The molecule has 3 heterocycles. The van der Waals surface area contributed by atoms with Crippen molar-refractivity contribution in [2.45, 2.75) is 45.4 Å². The molecule has 0 aliphatic carbocycles. The van der Waals surface area contributed by atoms with E-state index in [9.17, 15) is 0 Å². The van der Waals surface area contributed by atoms with Gasteiger partial charge < -0.3 is 14.2 Å². The van der Waals surface area contributed by atoms with Crippen molar-refractivity contribution in [1.29, 1.82) is 0 Å². The van der Waals surface area contributed by atoms with E-state index in [0.717, 1.165) is 32.7 Å². The first-order valence-corrected chi connectivity index (χ1v) is 9.64. The number of benzene rings is 1. The number of fused-ring (bicyclic) bond motifs is 3. The molecular formula is C21H31N3O. The molecule has 0 bridgehead atoms. The van der Waals surface area contributed by atoms with E-state index in [4.69, 9.17) is 4.74 Å². The zero-order valence-corrected chi connectivity index (χ0v) is 16.1. The van der Waals surface area contributed by atoms with Gasteiger partial charge in [0.25, 0.3) is 0 Å². The van der Waals surface area contributed by atoms with Crippen molar-refractivity contribution in [3.05, 3.63) is 35.5 Å². The van der Waals surface area contributed by atoms with Crippen molar-refractivity contribution in [2.75, 3.05) is 39.8 Å². The standard InChI is InChI=1S/C21H31N3O/c1-16(23-11-9-22(4)10-12-23)15-21(3)20-17(2)18-7-5-6-8-19(18)24(20)13-14-25-21/h5-8,16H,9-15H2,1-4H3. The van der Waals surface area contributed by atoms with E-state index in [2.05, 4.69) is 66.5 Å². The van der Waals surface area contributed by atoms with Crippen LogP contribution in [-0.2, 0) is 16.9 Å². The highest BCUT2D eigenvalue weighted by atomic mass is 16.5. The second kappa shape index (κ2) is 6.42. The second-order valence-electron chi connectivity index (χ2n) is 8.11. The first-order valence-electron chi connectivity index (χ1n) is 9.64. The van der Waals surface area contributed by atoms with Crippen LogP contribution in [-0.4, -0.2) is 60.2 Å². The molecule has 0 amide bonds. The van der Waals surface area contributed by atoms with Crippen LogP contribution in [0.3, 0.4) is 0 Å². The van der Waals surface area contributed by atoms with Crippen LogP contribution in [0.15, 0.2) is 24.3 Å². The van der Waals surface area contributed by atoms with Crippen LogP contribution in [0.25, 0.3) is 10.9 Å². The number of ether oxygens (including phenoxy) is 1. The molecule has 2 aromatic rings. The molecule has 1 aromatic carbocycles. The molecule has 4 nitrogen and oxygen atoms in total. The summed E-state index contributed by atoms with van der Waals surface area (Å²) < 4.78 is 8.93. The molecule has 4 heteroatoms. The summed E-state index contributed by atoms with van der Waals surface area (Å²) in [7, 11) is 2.22. The van der Waals surface area contributed by atoms with Crippen molar-refractivity contribution >= 4 is 10.9 Å². The maximum absolute atomic E-state index is 6.43. The summed E-state index contributed by atoms with van der Waals surface area (Å²) in [4.78, 5) is 5.05. The number of aryl methyl sites for hydroxylation is 1. The molecule has 4 rings (SSSR count). The molecule has 25 heavy (non-hydrogen) atoms. The molecule has 2 unspecified atom stereocenters. The normalized spacial score (nSPS) is 26.7. The van der Waals surface area contributed by atoms with E-state index in [1.807, 2.05) is 0 Å². The zero-order chi connectivity index (χ0) is 17.6. The summed E-state index contributed by atoms with van der Waals surface area (Å²) in [5.41, 5.74) is 3.94. The number of rotatable bonds is 3. The summed E-state index contributed by atoms with van der Waals surface area (Å²) in [6.07, 6.45) is 1.05. The zero-order valence-electron chi connectivity index (χ0n) is 16.1. The third-order valence-corrected chi connectivity index (χ3v) is 6.31. The Morgan fingerprint density at radius 3 is 2.60 bits per heavy atom. The third-order valence-electron chi connectivity index (χ3n) is 6.31. The lowest BCUT2D eigenvalue weighted by atomic mass is 9.89. The lowest BCUT2D eigenvalue weighted by Gasteiger charge is -2.42. The fourth-order valence-corrected chi connectivity index (χ4v) is 4.93. The van der Waals surface area contributed by atoms with Gasteiger partial charge in [-0.2, -0.15) is 0 Å². The summed E-state index contributed by atoms with van der Waals surface area (Å²) in [5.74, 6) is 0. The highest BCUT2D eigenvalue weighted by molar-refractivity contribution is 5.85. The maximum atomic E-state index is 6.43. The Kier molecular flexibility index (Phi) is 4.38. The third kappa shape index (κ3) is 2.90. The van der Waals surface area contributed by atoms with Gasteiger partial charge in [0.15, 0.2) is 0 Å². The van der Waals surface area contributed by atoms with Crippen molar-refractivity contribution in [2.24, 2.45) is 0 Å². The van der Waals surface area contributed by atoms with Crippen LogP contribution in [0.2, 0.25) is 0 Å². The van der Waals surface area contributed by atoms with Crippen molar-refractivity contribution < 1.29 is 4.74 Å². The van der Waals surface area contributed by atoms with Gasteiger partial charge in [-0.3, -0.25) is 4.90 Å². The first kappa shape index (κ1) is 17.1. The smallest absolute Gasteiger partial charge is 0.107 e. The Morgan fingerprint density at radius 2 is 1.84 bits per heavy atom. The molecule has 136 valence electrons. The molecule has 0 saturated carbocycles. The van der Waals surface area contributed by atoms with Gasteiger partial charge in [0.2, 0.25) is 0 Å². The van der Waals surface area contributed by atoms with Crippen molar-refractivity contribution in [3.63, 3.8) is 0 Å². The predicted molar refractivity (Wildman–Crippen MR) is 103 cm³/mol. The number of para-hydroxylation sites is 1.